The fourth-order valence-corrected chi connectivity index (χ4v) is 4.41. The predicted octanol–water partition coefficient (Wildman–Crippen LogP) is 3.58. The first kappa shape index (κ1) is 19.0. The van der Waals surface area contributed by atoms with Gasteiger partial charge in [-0.1, -0.05) is 31.4 Å². The minimum atomic E-state index is -0.0388. The molecule has 0 spiro atoms. The van der Waals surface area contributed by atoms with Gasteiger partial charge in [-0.05, 0) is 55.8 Å². The van der Waals surface area contributed by atoms with E-state index in [4.69, 9.17) is 0 Å². The first-order valence-electron chi connectivity index (χ1n) is 10.1. The molecule has 5 heteroatoms. The van der Waals surface area contributed by atoms with Crippen molar-refractivity contribution >= 4 is 6.03 Å². The smallest absolute Gasteiger partial charge is 0.317 e. The summed E-state index contributed by atoms with van der Waals surface area (Å²) >= 11 is 0. The number of phenolic OH excluding ortho intramolecular Hbond substituents is 1. The van der Waals surface area contributed by atoms with Crippen LogP contribution < -0.4 is 5.32 Å². The summed E-state index contributed by atoms with van der Waals surface area (Å²) in [6.45, 7) is 3.61. The molecule has 0 aromatic heterocycles. The van der Waals surface area contributed by atoms with E-state index < -0.39 is 0 Å². The number of likely N-dealkylation sites (tertiary alicyclic amines) is 1. The maximum Gasteiger partial charge on any atom is 0.317 e. The Morgan fingerprint density at radius 2 is 2.04 bits per heavy atom. The Labute approximate surface area is 157 Å². The molecule has 0 unspecified atom stereocenters. The van der Waals surface area contributed by atoms with Gasteiger partial charge < -0.3 is 20.2 Å². The van der Waals surface area contributed by atoms with Crippen LogP contribution in [-0.4, -0.2) is 53.7 Å². The molecule has 26 heavy (non-hydrogen) atoms. The standard InChI is InChI=1S/C21H33N3O2/c1-23(15-17-7-5-11-20(25)13-17)21(26)22-14-18-8-6-12-24(16-18)19-9-3-2-4-10-19/h5,7,11,13,18-19,25H,2-4,6,8-10,12,14-16H2,1H3,(H,22,26)/t18-/m1/s1. The van der Waals surface area contributed by atoms with Crippen LogP contribution in [0.3, 0.4) is 0 Å². The van der Waals surface area contributed by atoms with Crippen LogP contribution in [0, 0.1) is 5.92 Å². The molecule has 2 fully saturated rings. The molecule has 0 bridgehead atoms. The third kappa shape index (κ3) is 5.37. The van der Waals surface area contributed by atoms with Crippen LogP contribution in [0.2, 0.25) is 0 Å². The van der Waals surface area contributed by atoms with Gasteiger partial charge >= 0.3 is 6.03 Å². The number of hydrogen-bond donors (Lipinski definition) is 2. The normalized spacial score (nSPS) is 22.1. The van der Waals surface area contributed by atoms with E-state index in [1.165, 1.54) is 51.5 Å². The second-order valence-corrected chi connectivity index (χ2v) is 8.01. The number of phenols is 1. The summed E-state index contributed by atoms with van der Waals surface area (Å²) in [5.74, 6) is 0.796. The van der Waals surface area contributed by atoms with Crippen LogP contribution in [0.4, 0.5) is 4.79 Å². The zero-order valence-corrected chi connectivity index (χ0v) is 16.0. The largest absolute Gasteiger partial charge is 0.508 e. The Kier molecular flexibility index (Phi) is 6.78. The zero-order chi connectivity index (χ0) is 18.4. The van der Waals surface area contributed by atoms with Crippen molar-refractivity contribution in [3.05, 3.63) is 29.8 Å². The Morgan fingerprint density at radius 1 is 1.23 bits per heavy atom. The molecule has 2 aliphatic rings. The average Bonchev–Trinajstić information content (AvgIpc) is 2.67. The van der Waals surface area contributed by atoms with Crippen LogP contribution in [0.15, 0.2) is 24.3 Å². The molecule has 0 radical (unpaired) electrons. The molecular weight excluding hydrogens is 326 g/mol. The van der Waals surface area contributed by atoms with Gasteiger partial charge in [0.1, 0.15) is 5.75 Å². The van der Waals surface area contributed by atoms with Gasteiger partial charge in [0.15, 0.2) is 0 Å². The Morgan fingerprint density at radius 3 is 2.81 bits per heavy atom. The highest BCUT2D eigenvalue weighted by atomic mass is 16.3. The number of hydrogen-bond acceptors (Lipinski definition) is 3. The second kappa shape index (κ2) is 9.26. The fraction of sp³-hybridized carbons (Fsp3) is 0.667. The van der Waals surface area contributed by atoms with Crippen molar-refractivity contribution < 1.29 is 9.90 Å². The second-order valence-electron chi connectivity index (χ2n) is 8.01. The van der Waals surface area contributed by atoms with Crippen LogP contribution >= 0.6 is 0 Å². The first-order valence-corrected chi connectivity index (χ1v) is 10.1. The maximum absolute atomic E-state index is 12.4. The van der Waals surface area contributed by atoms with Crippen molar-refractivity contribution in [1.82, 2.24) is 15.1 Å². The molecule has 1 saturated heterocycles. The Bertz CT molecular complexity index is 586. The molecule has 1 aromatic rings. The highest BCUT2D eigenvalue weighted by Gasteiger charge is 2.27. The summed E-state index contributed by atoms with van der Waals surface area (Å²) in [7, 11) is 1.80. The number of aromatic hydroxyl groups is 1. The summed E-state index contributed by atoms with van der Waals surface area (Å²) in [5.41, 5.74) is 0.934. The number of carbonyl (C=O) groups excluding carboxylic acids is 1. The SMILES string of the molecule is CN(Cc1cccc(O)c1)C(=O)NC[C@H]1CCCN(C2CCCCC2)C1. The lowest BCUT2D eigenvalue weighted by atomic mass is 9.90. The summed E-state index contributed by atoms with van der Waals surface area (Å²) in [5, 5.41) is 12.7. The van der Waals surface area contributed by atoms with Gasteiger partial charge in [-0.3, -0.25) is 0 Å². The lowest BCUT2D eigenvalue weighted by Crippen LogP contribution is -2.47. The maximum atomic E-state index is 12.4. The van der Waals surface area contributed by atoms with E-state index >= 15 is 0 Å². The molecule has 5 nitrogen and oxygen atoms in total. The van der Waals surface area contributed by atoms with Crippen molar-refractivity contribution in [1.29, 1.82) is 0 Å². The number of amides is 2. The lowest BCUT2D eigenvalue weighted by Gasteiger charge is -2.40. The molecule has 2 amide bonds. The average molecular weight is 360 g/mol. The number of piperidine rings is 1. The first-order chi connectivity index (χ1) is 12.6. The third-order valence-corrected chi connectivity index (χ3v) is 5.86. The molecule has 144 valence electrons. The molecular formula is C21H33N3O2. The van der Waals surface area contributed by atoms with Crippen molar-refractivity contribution in [2.24, 2.45) is 5.92 Å². The number of urea groups is 1. The van der Waals surface area contributed by atoms with Crippen LogP contribution in [0.1, 0.15) is 50.5 Å². The quantitative estimate of drug-likeness (QED) is 0.845. The highest BCUT2D eigenvalue weighted by molar-refractivity contribution is 5.73. The predicted molar refractivity (Wildman–Crippen MR) is 104 cm³/mol. The van der Waals surface area contributed by atoms with E-state index in [1.54, 1.807) is 30.1 Å². The molecule has 1 aromatic carbocycles. The van der Waals surface area contributed by atoms with Gasteiger partial charge in [0, 0.05) is 32.7 Å². The molecule has 1 aliphatic heterocycles. The zero-order valence-electron chi connectivity index (χ0n) is 16.0. The van der Waals surface area contributed by atoms with Crippen molar-refractivity contribution in [2.45, 2.75) is 57.5 Å². The van der Waals surface area contributed by atoms with E-state index in [1.807, 2.05) is 6.07 Å². The molecule has 3 rings (SSSR count). The van der Waals surface area contributed by atoms with E-state index in [0.29, 0.717) is 12.5 Å². The van der Waals surface area contributed by atoms with Gasteiger partial charge in [0.25, 0.3) is 0 Å². The van der Waals surface area contributed by atoms with Crippen molar-refractivity contribution in [3.8, 4) is 5.75 Å². The molecule has 1 heterocycles. The summed E-state index contributed by atoms with van der Waals surface area (Å²) in [6.07, 6.45) is 9.31. The summed E-state index contributed by atoms with van der Waals surface area (Å²) in [4.78, 5) is 16.8. The number of nitrogens with one attached hydrogen (secondary N) is 1. The fourth-order valence-electron chi connectivity index (χ4n) is 4.41. The lowest BCUT2D eigenvalue weighted by molar-refractivity contribution is 0.0979. The molecule has 1 aliphatic carbocycles. The van der Waals surface area contributed by atoms with E-state index in [9.17, 15) is 9.90 Å². The van der Waals surface area contributed by atoms with Gasteiger partial charge in [-0.2, -0.15) is 0 Å². The van der Waals surface area contributed by atoms with Crippen molar-refractivity contribution in [2.75, 3.05) is 26.7 Å². The highest BCUT2D eigenvalue weighted by Crippen LogP contribution is 2.27. The van der Waals surface area contributed by atoms with Crippen LogP contribution in [-0.2, 0) is 6.54 Å². The third-order valence-electron chi connectivity index (χ3n) is 5.86. The van der Waals surface area contributed by atoms with Crippen LogP contribution in [0.25, 0.3) is 0 Å². The van der Waals surface area contributed by atoms with E-state index in [0.717, 1.165) is 24.7 Å². The number of benzene rings is 1. The van der Waals surface area contributed by atoms with Crippen molar-refractivity contribution in [3.63, 3.8) is 0 Å². The minimum Gasteiger partial charge on any atom is -0.508 e. The Hall–Kier alpha value is -1.75. The minimum absolute atomic E-state index is 0.0388. The summed E-state index contributed by atoms with van der Waals surface area (Å²) < 4.78 is 0. The van der Waals surface area contributed by atoms with Crippen LogP contribution in [0.5, 0.6) is 5.75 Å². The number of nitrogens with zero attached hydrogens (tertiary/aromatic N) is 2. The number of rotatable bonds is 5. The van der Waals surface area contributed by atoms with Gasteiger partial charge in [-0.25, -0.2) is 4.79 Å². The van der Waals surface area contributed by atoms with Gasteiger partial charge in [0.2, 0.25) is 0 Å². The molecule has 1 atom stereocenters. The van der Waals surface area contributed by atoms with Gasteiger partial charge in [-0.15, -0.1) is 0 Å². The number of carbonyl (C=O) groups is 1. The summed E-state index contributed by atoms with van der Waals surface area (Å²) in [6, 6.07) is 7.81. The van der Waals surface area contributed by atoms with E-state index in [-0.39, 0.29) is 11.8 Å². The molecule has 2 N–H and O–H groups in total. The van der Waals surface area contributed by atoms with E-state index in [2.05, 4.69) is 10.2 Å². The Balaban J connectivity index is 1.43. The molecule has 1 saturated carbocycles. The monoisotopic (exact) mass is 359 g/mol. The topological polar surface area (TPSA) is 55.8 Å². The van der Waals surface area contributed by atoms with Gasteiger partial charge in [0.05, 0.1) is 0 Å².